The zero-order chi connectivity index (χ0) is 18.3. The van der Waals surface area contributed by atoms with Gasteiger partial charge in [-0.05, 0) is 23.6 Å². The Labute approximate surface area is 151 Å². The first kappa shape index (κ1) is 20.9. The molecule has 0 aromatic heterocycles. The number of unbranched alkanes of at least 4 members (excludes halogenated alkanes) is 7. The number of aliphatic hydroxyl groups excluding tert-OH is 1. The SMILES string of the molecule is [C-]#[N+]C(=Cc1ccc(CO)cc1)C(=O)OCCCCCCCCCC. The molecule has 1 rings (SSSR count). The van der Waals surface area contributed by atoms with Crippen LogP contribution in [-0.4, -0.2) is 17.7 Å². The van der Waals surface area contributed by atoms with E-state index in [0.29, 0.717) is 6.61 Å². The van der Waals surface area contributed by atoms with Crippen LogP contribution >= 0.6 is 0 Å². The summed E-state index contributed by atoms with van der Waals surface area (Å²) in [7, 11) is 0. The highest BCUT2D eigenvalue weighted by molar-refractivity contribution is 5.95. The standard InChI is InChI=1S/C21H29NO3/c1-3-4-5-6-7-8-9-10-15-25-21(24)20(22-2)16-18-11-13-19(17-23)14-12-18/h11-14,16,23H,3-10,15,17H2,1H3. The predicted molar refractivity (Wildman–Crippen MR) is 101 cm³/mol. The van der Waals surface area contributed by atoms with E-state index < -0.39 is 5.97 Å². The zero-order valence-corrected chi connectivity index (χ0v) is 15.2. The third-order valence-corrected chi connectivity index (χ3v) is 4.03. The highest BCUT2D eigenvalue weighted by Crippen LogP contribution is 2.12. The Kier molecular flexibility index (Phi) is 11.0. The summed E-state index contributed by atoms with van der Waals surface area (Å²) >= 11 is 0. The summed E-state index contributed by atoms with van der Waals surface area (Å²) in [4.78, 5) is 15.2. The van der Waals surface area contributed by atoms with Crippen molar-refractivity contribution in [1.82, 2.24) is 0 Å². The minimum absolute atomic E-state index is 0.0173. The molecule has 0 saturated heterocycles. The predicted octanol–water partition coefficient (Wildman–Crippen LogP) is 5.12. The van der Waals surface area contributed by atoms with Crippen molar-refractivity contribution < 1.29 is 14.6 Å². The average molecular weight is 343 g/mol. The van der Waals surface area contributed by atoms with Gasteiger partial charge in [-0.25, -0.2) is 4.85 Å². The number of nitrogens with zero attached hydrogens (tertiary/aromatic N) is 1. The van der Waals surface area contributed by atoms with Crippen LogP contribution in [-0.2, 0) is 16.1 Å². The first-order valence-corrected chi connectivity index (χ1v) is 9.17. The van der Waals surface area contributed by atoms with Crippen LogP contribution in [0.3, 0.4) is 0 Å². The van der Waals surface area contributed by atoms with E-state index in [1.54, 1.807) is 24.3 Å². The molecule has 0 atom stereocenters. The van der Waals surface area contributed by atoms with E-state index in [9.17, 15) is 4.79 Å². The highest BCUT2D eigenvalue weighted by Gasteiger charge is 2.11. The molecule has 0 aliphatic carbocycles. The molecule has 0 aliphatic rings. The van der Waals surface area contributed by atoms with Crippen LogP contribution in [0.4, 0.5) is 0 Å². The highest BCUT2D eigenvalue weighted by atomic mass is 16.5. The van der Waals surface area contributed by atoms with Gasteiger partial charge in [0.15, 0.2) is 0 Å². The van der Waals surface area contributed by atoms with Gasteiger partial charge in [-0.2, -0.15) is 0 Å². The number of hydrogen-bond acceptors (Lipinski definition) is 3. The molecule has 4 heteroatoms. The van der Waals surface area contributed by atoms with Crippen LogP contribution in [0.25, 0.3) is 10.9 Å². The first-order chi connectivity index (χ1) is 12.2. The van der Waals surface area contributed by atoms with Crippen molar-refractivity contribution in [3.63, 3.8) is 0 Å². The Morgan fingerprint density at radius 2 is 1.68 bits per heavy atom. The molecule has 1 aromatic rings. The van der Waals surface area contributed by atoms with E-state index in [2.05, 4.69) is 11.8 Å². The van der Waals surface area contributed by atoms with E-state index in [0.717, 1.165) is 24.0 Å². The summed E-state index contributed by atoms with van der Waals surface area (Å²) in [5, 5.41) is 9.02. The fraction of sp³-hybridized carbons (Fsp3) is 0.524. The van der Waals surface area contributed by atoms with Crippen LogP contribution in [0.1, 0.15) is 69.4 Å². The summed E-state index contributed by atoms with van der Waals surface area (Å²) < 4.78 is 5.20. The molecule has 0 amide bonds. The Hall–Kier alpha value is -2.12. The van der Waals surface area contributed by atoms with E-state index in [1.165, 1.54) is 44.6 Å². The molecule has 4 nitrogen and oxygen atoms in total. The van der Waals surface area contributed by atoms with Gasteiger partial charge >= 0.3 is 5.97 Å². The number of carbonyl (C=O) groups is 1. The van der Waals surface area contributed by atoms with Gasteiger partial charge in [0.2, 0.25) is 0 Å². The fourth-order valence-corrected chi connectivity index (χ4v) is 2.49. The second kappa shape index (κ2) is 13.2. The van der Waals surface area contributed by atoms with Gasteiger partial charge in [0, 0.05) is 0 Å². The van der Waals surface area contributed by atoms with Crippen molar-refractivity contribution in [3.8, 4) is 0 Å². The second-order valence-electron chi connectivity index (χ2n) is 6.15. The largest absolute Gasteiger partial charge is 0.471 e. The molecule has 0 fully saturated rings. The van der Waals surface area contributed by atoms with Crippen molar-refractivity contribution in [1.29, 1.82) is 0 Å². The van der Waals surface area contributed by atoms with E-state index in [-0.39, 0.29) is 12.3 Å². The lowest BCUT2D eigenvalue weighted by Gasteiger charge is -2.05. The smallest absolute Gasteiger partial charge is 0.336 e. The van der Waals surface area contributed by atoms with Crippen LogP contribution in [0.2, 0.25) is 0 Å². The Morgan fingerprint density at radius 3 is 2.24 bits per heavy atom. The van der Waals surface area contributed by atoms with E-state index >= 15 is 0 Å². The molecule has 1 aromatic carbocycles. The molecule has 0 aliphatic heterocycles. The number of aliphatic hydroxyl groups is 1. The third kappa shape index (κ3) is 9.07. The van der Waals surface area contributed by atoms with Crippen molar-refractivity contribution in [2.45, 2.75) is 64.9 Å². The van der Waals surface area contributed by atoms with Crippen molar-refractivity contribution in [2.75, 3.05) is 6.61 Å². The van der Waals surface area contributed by atoms with E-state index in [1.807, 2.05) is 0 Å². The van der Waals surface area contributed by atoms with Crippen molar-refractivity contribution >= 4 is 12.0 Å². The average Bonchev–Trinajstić information content (AvgIpc) is 2.65. The molecule has 0 spiro atoms. The number of benzene rings is 1. The van der Waals surface area contributed by atoms with Gasteiger partial charge in [0.05, 0.1) is 19.8 Å². The number of hydrogen-bond donors (Lipinski definition) is 1. The molecule has 136 valence electrons. The normalized spacial score (nSPS) is 11.2. The van der Waals surface area contributed by atoms with Gasteiger partial charge in [-0.1, -0.05) is 76.1 Å². The molecular weight excluding hydrogens is 314 g/mol. The quantitative estimate of drug-likeness (QED) is 0.248. The minimum atomic E-state index is -0.566. The lowest BCUT2D eigenvalue weighted by Crippen LogP contribution is -2.07. The monoisotopic (exact) mass is 343 g/mol. The fourth-order valence-electron chi connectivity index (χ4n) is 2.49. The summed E-state index contributed by atoms with van der Waals surface area (Å²) in [6.45, 7) is 9.71. The lowest BCUT2D eigenvalue weighted by atomic mass is 10.1. The summed E-state index contributed by atoms with van der Waals surface area (Å²) in [5.41, 5.74) is 1.52. The molecule has 1 N–H and O–H groups in total. The van der Waals surface area contributed by atoms with E-state index in [4.69, 9.17) is 16.4 Å². The number of rotatable bonds is 12. The van der Waals surface area contributed by atoms with Crippen LogP contribution in [0.5, 0.6) is 0 Å². The van der Waals surface area contributed by atoms with Gasteiger partial charge in [-0.15, -0.1) is 0 Å². The Morgan fingerprint density at radius 1 is 1.08 bits per heavy atom. The summed E-state index contributed by atoms with van der Waals surface area (Å²) in [6, 6.07) is 7.06. The molecule has 0 radical (unpaired) electrons. The molecule has 0 unspecified atom stereocenters. The zero-order valence-electron chi connectivity index (χ0n) is 15.2. The van der Waals surface area contributed by atoms with Gasteiger partial charge in [0.25, 0.3) is 5.70 Å². The number of carbonyl (C=O) groups excluding carboxylic acids is 1. The van der Waals surface area contributed by atoms with Crippen LogP contribution in [0.15, 0.2) is 30.0 Å². The summed E-state index contributed by atoms with van der Waals surface area (Å²) in [5.74, 6) is -0.566. The van der Waals surface area contributed by atoms with Crippen LogP contribution in [0, 0.1) is 6.57 Å². The Balaban J connectivity index is 2.29. The maximum atomic E-state index is 12.0. The number of esters is 1. The first-order valence-electron chi connectivity index (χ1n) is 9.17. The maximum Gasteiger partial charge on any atom is 0.336 e. The van der Waals surface area contributed by atoms with Crippen molar-refractivity contribution in [2.24, 2.45) is 0 Å². The molecule has 0 bridgehead atoms. The van der Waals surface area contributed by atoms with Gasteiger partial charge in [0.1, 0.15) is 0 Å². The maximum absolute atomic E-state index is 12.0. The minimum Gasteiger partial charge on any atom is -0.471 e. The second-order valence-corrected chi connectivity index (χ2v) is 6.15. The molecule has 0 heterocycles. The Bertz CT molecular complexity index is 570. The van der Waals surface area contributed by atoms with Gasteiger partial charge < -0.3 is 9.84 Å². The molecular formula is C21H29NO3. The molecule has 0 saturated carbocycles. The topological polar surface area (TPSA) is 50.9 Å². The lowest BCUT2D eigenvalue weighted by molar-refractivity contribution is -0.138. The third-order valence-electron chi connectivity index (χ3n) is 4.03. The molecule has 25 heavy (non-hydrogen) atoms. The number of ether oxygens (including phenoxy) is 1. The van der Waals surface area contributed by atoms with Crippen molar-refractivity contribution in [3.05, 3.63) is 52.5 Å². The van der Waals surface area contributed by atoms with Crippen LogP contribution < -0.4 is 0 Å². The summed E-state index contributed by atoms with van der Waals surface area (Å²) in [6.07, 6.45) is 11.0. The van der Waals surface area contributed by atoms with Gasteiger partial charge in [-0.3, -0.25) is 4.79 Å².